The zero-order chi connectivity index (χ0) is 17.2. The molecule has 0 radical (unpaired) electrons. The van der Waals surface area contributed by atoms with Gasteiger partial charge in [0.05, 0.1) is 12.8 Å². The van der Waals surface area contributed by atoms with E-state index in [1.165, 1.54) is 13.0 Å². The molecule has 1 atom stereocenters. The van der Waals surface area contributed by atoms with Crippen molar-refractivity contribution in [3.63, 3.8) is 0 Å². The molecule has 23 heavy (non-hydrogen) atoms. The maximum absolute atomic E-state index is 14.1. The monoisotopic (exact) mass is 324 g/mol. The largest absolute Gasteiger partial charge is 0.467 e. The van der Waals surface area contributed by atoms with Crippen LogP contribution in [-0.2, 0) is 15.1 Å². The first-order valence-electron chi connectivity index (χ1n) is 6.57. The second-order valence-electron chi connectivity index (χ2n) is 5.03. The topological polar surface area (TPSA) is 81.4 Å². The van der Waals surface area contributed by atoms with Crippen LogP contribution in [0.1, 0.15) is 28.7 Å². The fourth-order valence-corrected chi connectivity index (χ4v) is 2.07. The molecule has 0 aliphatic rings. The molecule has 2 aromatic rings. The van der Waals surface area contributed by atoms with E-state index in [0.717, 1.165) is 25.3 Å². The Hall–Kier alpha value is -2.77. The Morgan fingerprint density at radius 2 is 2.00 bits per heavy atom. The number of ether oxygens (including phenoxy) is 1. The molecule has 1 N–H and O–H groups in total. The molecule has 0 saturated heterocycles. The van der Waals surface area contributed by atoms with E-state index in [1.807, 2.05) is 0 Å². The van der Waals surface area contributed by atoms with Gasteiger partial charge in [0, 0.05) is 11.6 Å². The number of amides is 1. The number of methoxy groups -OCH3 is 1. The van der Waals surface area contributed by atoms with Crippen LogP contribution in [0.5, 0.6) is 0 Å². The number of hydrogen-bond donors (Lipinski definition) is 1. The number of rotatable bonds is 4. The van der Waals surface area contributed by atoms with Gasteiger partial charge in [0.1, 0.15) is 11.6 Å². The van der Waals surface area contributed by atoms with E-state index in [1.54, 1.807) is 6.92 Å². The van der Waals surface area contributed by atoms with Gasteiger partial charge in [0.25, 0.3) is 5.91 Å². The first-order valence-corrected chi connectivity index (χ1v) is 6.57. The summed E-state index contributed by atoms with van der Waals surface area (Å²) in [5, 5.41) is 5.86. The smallest absolute Gasteiger partial charge is 0.336 e. The predicted molar refractivity (Wildman–Crippen MR) is 74.4 cm³/mol. The summed E-state index contributed by atoms with van der Waals surface area (Å²) in [4.78, 5) is 24.3. The molecule has 0 fully saturated rings. The minimum absolute atomic E-state index is 0.172. The summed E-state index contributed by atoms with van der Waals surface area (Å²) < 4.78 is 36.9. The van der Waals surface area contributed by atoms with Crippen LogP contribution in [0.4, 0.5) is 8.78 Å². The molecule has 122 valence electrons. The summed E-state index contributed by atoms with van der Waals surface area (Å²) in [6, 6.07) is 3.92. The van der Waals surface area contributed by atoms with Crippen molar-refractivity contribution in [3.8, 4) is 0 Å². The Labute approximate surface area is 130 Å². The third-order valence-corrected chi connectivity index (χ3v) is 3.28. The molecule has 0 aliphatic heterocycles. The summed E-state index contributed by atoms with van der Waals surface area (Å²) in [6.45, 7) is 2.81. The number of aryl methyl sites for hydroxylation is 1. The van der Waals surface area contributed by atoms with E-state index >= 15 is 0 Å². The number of carbonyl (C=O) groups is 2. The van der Waals surface area contributed by atoms with Crippen molar-refractivity contribution < 1.29 is 27.6 Å². The summed E-state index contributed by atoms with van der Waals surface area (Å²) in [5.74, 6) is -3.59. The molecule has 2 rings (SSSR count). The lowest BCUT2D eigenvalue weighted by Crippen LogP contribution is -2.50. The van der Waals surface area contributed by atoms with Gasteiger partial charge < -0.3 is 14.6 Å². The first kappa shape index (κ1) is 16.6. The number of benzene rings is 1. The van der Waals surface area contributed by atoms with E-state index in [4.69, 9.17) is 4.52 Å². The number of halogens is 2. The van der Waals surface area contributed by atoms with E-state index in [9.17, 15) is 18.4 Å². The van der Waals surface area contributed by atoms with Crippen molar-refractivity contribution in [2.75, 3.05) is 7.11 Å². The SMILES string of the molecule is COC(=O)C(C)(NC(=O)c1cc(C)no1)c1cc(F)ccc1F. The highest BCUT2D eigenvalue weighted by atomic mass is 19.1. The highest BCUT2D eigenvalue weighted by Crippen LogP contribution is 2.26. The Morgan fingerprint density at radius 1 is 1.30 bits per heavy atom. The lowest BCUT2D eigenvalue weighted by Gasteiger charge is -2.28. The van der Waals surface area contributed by atoms with Gasteiger partial charge in [-0.2, -0.15) is 0 Å². The summed E-state index contributed by atoms with van der Waals surface area (Å²) in [5.41, 5.74) is -1.86. The zero-order valence-electron chi connectivity index (χ0n) is 12.6. The number of hydrogen-bond acceptors (Lipinski definition) is 5. The van der Waals surface area contributed by atoms with E-state index in [2.05, 4.69) is 15.2 Å². The Kier molecular flexibility index (Phi) is 4.44. The lowest BCUT2D eigenvalue weighted by atomic mass is 9.91. The van der Waals surface area contributed by atoms with Gasteiger partial charge in [-0.15, -0.1) is 0 Å². The molecule has 1 heterocycles. The van der Waals surface area contributed by atoms with Gasteiger partial charge in [-0.25, -0.2) is 13.6 Å². The summed E-state index contributed by atoms with van der Waals surface area (Å²) in [7, 11) is 1.07. The van der Waals surface area contributed by atoms with Crippen LogP contribution in [0.2, 0.25) is 0 Å². The Morgan fingerprint density at radius 3 is 2.57 bits per heavy atom. The maximum Gasteiger partial charge on any atom is 0.336 e. The predicted octanol–water partition coefficient (Wildman–Crippen LogP) is 2.08. The second kappa shape index (κ2) is 6.15. The van der Waals surface area contributed by atoms with Crippen molar-refractivity contribution in [2.24, 2.45) is 0 Å². The van der Waals surface area contributed by atoms with E-state index < -0.39 is 29.0 Å². The molecule has 0 aliphatic carbocycles. The molecule has 1 aromatic carbocycles. The molecule has 1 aromatic heterocycles. The molecular formula is C15H14F2N2O4. The third-order valence-electron chi connectivity index (χ3n) is 3.28. The quantitative estimate of drug-likeness (QED) is 0.871. The molecule has 0 bridgehead atoms. The minimum atomic E-state index is -1.95. The fourth-order valence-electron chi connectivity index (χ4n) is 2.07. The van der Waals surface area contributed by atoms with Gasteiger partial charge in [-0.1, -0.05) is 5.16 Å². The van der Waals surface area contributed by atoms with Crippen LogP contribution in [0.15, 0.2) is 28.8 Å². The van der Waals surface area contributed by atoms with Gasteiger partial charge in [0.15, 0.2) is 5.54 Å². The maximum atomic E-state index is 14.1. The average molecular weight is 324 g/mol. The average Bonchev–Trinajstić information content (AvgIpc) is 2.95. The van der Waals surface area contributed by atoms with E-state index in [-0.39, 0.29) is 11.3 Å². The second-order valence-corrected chi connectivity index (χ2v) is 5.03. The van der Waals surface area contributed by atoms with Crippen LogP contribution in [0, 0.1) is 18.6 Å². The summed E-state index contributed by atoms with van der Waals surface area (Å²) >= 11 is 0. The van der Waals surface area contributed by atoms with Crippen LogP contribution in [0.3, 0.4) is 0 Å². The van der Waals surface area contributed by atoms with Crippen molar-refractivity contribution in [3.05, 3.63) is 52.9 Å². The molecule has 0 spiro atoms. The van der Waals surface area contributed by atoms with Gasteiger partial charge >= 0.3 is 5.97 Å². The standard InChI is InChI=1S/C15H14F2N2O4/c1-8-6-12(23-19-8)13(20)18-15(2,14(21)22-3)10-7-9(16)4-5-11(10)17/h4-7H,1-3H3,(H,18,20). The van der Waals surface area contributed by atoms with Gasteiger partial charge in [0.2, 0.25) is 5.76 Å². The molecule has 8 heteroatoms. The molecule has 6 nitrogen and oxygen atoms in total. The number of carbonyl (C=O) groups excluding carboxylic acids is 2. The van der Waals surface area contributed by atoms with Crippen LogP contribution in [-0.4, -0.2) is 24.1 Å². The molecule has 1 unspecified atom stereocenters. The van der Waals surface area contributed by atoms with Crippen LogP contribution < -0.4 is 5.32 Å². The van der Waals surface area contributed by atoms with Gasteiger partial charge in [-0.3, -0.25) is 4.79 Å². The van der Waals surface area contributed by atoms with Crippen molar-refractivity contribution in [1.82, 2.24) is 10.5 Å². The fraction of sp³-hybridized carbons (Fsp3) is 0.267. The number of nitrogens with zero attached hydrogens (tertiary/aromatic N) is 1. The van der Waals surface area contributed by atoms with Crippen LogP contribution in [0.25, 0.3) is 0 Å². The van der Waals surface area contributed by atoms with Gasteiger partial charge in [-0.05, 0) is 32.0 Å². The van der Waals surface area contributed by atoms with Crippen molar-refractivity contribution in [2.45, 2.75) is 19.4 Å². The minimum Gasteiger partial charge on any atom is -0.467 e. The number of nitrogens with one attached hydrogen (secondary N) is 1. The Balaban J connectivity index is 2.45. The Bertz CT molecular complexity index is 760. The third kappa shape index (κ3) is 3.20. The highest BCUT2D eigenvalue weighted by Gasteiger charge is 2.41. The van der Waals surface area contributed by atoms with Crippen molar-refractivity contribution in [1.29, 1.82) is 0 Å². The number of aromatic nitrogens is 1. The lowest BCUT2D eigenvalue weighted by molar-refractivity contribution is -0.148. The van der Waals surface area contributed by atoms with Crippen molar-refractivity contribution >= 4 is 11.9 Å². The normalized spacial score (nSPS) is 13.3. The number of esters is 1. The molecule has 0 saturated carbocycles. The molecular weight excluding hydrogens is 310 g/mol. The summed E-state index contributed by atoms with van der Waals surface area (Å²) in [6.07, 6.45) is 0. The highest BCUT2D eigenvalue weighted by molar-refractivity contribution is 5.96. The van der Waals surface area contributed by atoms with Crippen LogP contribution >= 0.6 is 0 Å². The van der Waals surface area contributed by atoms with E-state index in [0.29, 0.717) is 5.69 Å². The zero-order valence-corrected chi connectivity index (χ0v) is 12.6. The first-order chi connectivity index (χ1) is 10.8. The molecule has 1 amide bonds.